The van der Waals surface area contributed by atoms with Crippen molar-refractivity contribution < 1.29 is 38.7 Å². The second-order valence-corrected chi connectivity index (χ2v) is 13.3. The zero-order chi connectivity index (χ0) is 36.4. The Labute approximate surface area is 281 Å². The molecule has 0 aromatic heterocycles. The number of carboxylic acids is 1. The van der Waals surface area contributed by atoms with Gasteiger partial charge in [0.05, 0.1) is 12.5 Å². The summed E-state index contributed by atoms with van der Waals surface area (Å²) in [6.45, 7) is 10.6. The molecule has 0 saturated carbocycles. The normalized spacial score (nSPS) is 15.4. The van der Waals surface area contributed by atoms with E-state index in [1.54, 1.807) is 7.05 Å². The van der Waals surface area contributed by atoms with E-state index in [0.29, 0.717) is 0 Å². The molecule has 1 aromatic carbocycles. The number of amides is 6. The molecule has 1 aliphatic rings. The highest BCUT2D eigenvalue weighted by Crippen LogP contribution is 2.28. The zero-order valence-electron chi connectivity index (χ0n) is 28.9. The number of carbonyl (C=O) groups excluding carboxylic acids is 6. The molecule has 262 valence electrons. The van der Waals surface area contributed by atoms with Gasteiger partial charge in [-0.05, 0) is 24.9 Å². The Hall–Kier alpha value is -4.85. The number of imide groups is 1. The van der Waals surface area contributed by atoms with Crippen molar-refractivity contribution in [2.24, 2.45) is 5.41 Å². The van der Waals surface area contributed by atoms with Gasteiger partial charge < -0.3 is 31.3 Å². The Morgan fingerprint density at radius 3 is 2.04 bits per heavy atom. The highest BCUT2D eigenvalue weighted by atomic mass is 16.4. The number of hydrogen-bond donors (Lipinski definition) is 5. The van der Waals surface area contributed by atoms with Crippen LogP contribution in [0.3, 0.4) is 0 Å². The zero-order valence-corrected chi connectivity index (χ0v) is 28.9. The molecule has 14 nitrogen and oxygen atoms in total. The van der Waals surface area contributed by atoms with Crippen molar-refractivity contribution in [3.8, 4) is 0 Å². The molecule has 6 amide bonds. The molecular weight excluding hydrogens is 620 g/mol. The van der Waals surface area contributed by atoms with Crippen LogP contribution in [0.1, 0.15) is 53.5 Å². The van der Waals surface area contributed by atoms with Crippen LogP contribution in [0.25, 0.3) is 0 Å². The molecule has 48 heavy (non-hydrogen) atoms. The first-order chi connectivity index (χ1) is 22.3. The molecule has 0 saturated heterocycles. The first-order valence-electron chi connectivity index (χ1n) is 15.6. The van der Waals surface area contributed by atoms with Crippen molar-refractivity contribution in [2.45, 2.75) is 71.5 Å². The molecule has 0 radical (unpaired) electrons. The number of aliphatic carboxylic acids is 1. The predicted molar refractivity (Wildman–Crippen MR) is 178 cm³/mol. The van der Waals surface area contributed by atoms with E-state index in [1.165, 1.54) is 24.9 Å². The first kappa shape index (κ1) is 39.3. The second kappa shape index (κ2) is 16.8. The van der Waals surface area contributed by atoms with Crippen LogP contribution in [0.2, 0.25) is 0 Å². The number of hydrogen-bond acceptors (Lipinski definition) is 8. The third-order valence-corrected chi connectivity index (χ3v) is 8.15. The summed E-state index contributed by atoms with van der Waals surface area (Å²) in [5.41, 5.74) is -0.217. The maximum Gasteiger partial charge on any atom is 0.326 e. The number of carbonyl (C=O) groups is 7. The molecule has 1 aliphatic heterocycles. The van der Waals surface area contributed by atoms with Gasteiger partial charge in [-0.25, -0.2) is 4.79 Å². The van der Waals surface area contributed by atoms with Crippen molar-refractivity contribution in [1.29, 1.82) is 0 Å². The molecule has 1 unspecified atom stereocenters. The molecule has 0 fully saturated rings. The van der Waals surface area contributed by atoms with Crippen LogP contribution in [0.15, 0.2) is 54.1 Å². The molecule has 0 spiro atoms. The lowest BCUT2D eigenvalue weighted by atomic mass is 9.76. The fourth-order valence-corrected chi connectivity index (χ4v) is 5.09. The third-order valence-electron chi connectivity index (χ3n) is 8.15. The summed E-state index contributed by atoms with van der Waals surface area (Å²) in [6, 6.07) is 6.46. The SMILES string of the molecule is CN[C@H](C(=O)NC(C(=O)N(C)C/C=C(\C)C(=O)N[C@@H](CC(=O)NCCN1C(=O)C=CC1=O)C(=O)O)C(C)(C)C)C(C)(C)c1ccccc1. The van der Waals surface area contributed by atoms with Crippen LogP contribution in [0.4, 0.5) is 0 Å². The highest BCUT2D eigenvalue weighted by molar-refractivity contribution is 6.12. The minimum Gasteiger partial charge on any atom is -0.480 e. The average molecular weight is 669 g/mol. The number of rotatable bonds is 16. The van der Waals surface area contributed by atoms with Gasteiger partial charge in [-0.3, -0.25) is 33.7 Å². The standard InChI is InChI=1S/C34H48N6O8/c1-21(29(44)37-23(32(47)48)20-24(41)36-17-19-40-25(42)14-15-26(40)43)16-18-39(8)31(46)28(33(2,3)4)38-30(45)27(35-7)34(5,6)22-12-10-9-11-13-22/h9-16,23,27-28,35H,17-20H2,1-8H3,(H,36,41)(H,37,44)(H,38,45)(H,47,48)/b21-16+/t23-,27+,28?/m0/s1. The summed E-state index contributed by atoms with van der Waals surface area (Å²) in [6.07, 6.45) is 3.08. The van der Waals surface area contributed by atoms with Gasteiger partial charge in [0.15, 0.2) is 0 Å². The summed E-state index contributed by atoms with van der Waals surface area (Å²) in [5, 5.41) is 20.3. The van der Waals surface area contributed by atoms with Crippen molar-refractivity contribution in [1.82, 2.24) is 31.1 Å². The smallest absolute Gasteiger partial charge is 0.326 e. The summed E-state index contributed by atoms with van der Waals surface area (Å²) < 4.78 is 0. The van der Waals surface area contributed by atoms with Gasteiger partial charge in [-0.2, -0.15) is 0 Å². The van der Waals surface area contributed by atoms with E-state index < -0.39 is 65.0 Å². The summed E-state index contributed by atoms with van der Waals surface area (Å²) in [5.74, 6) is -4.65. The van der Waals surface area contributed by atoms with Gasteiger partial charge in [-0.15, -0.1) is 0 Å². The fraction of sp³-hybridized carbons (Fsp3) is 0.500. The number of carboxylic acid groups (broad SMARTS) is 1. The van der Waals surface area contributed by atoms with E-state index in [1.807, 2.05) is 65.0 Å². The lowest BCUT2D eigenvalue weighted by Crippen LogP contribution is -2.60. The van der Waals surface area contributed by atoms with Gasteiger partial charge >= 0.3 is 5.97 Å². The van der Waals surface area contributed by atoms with Crippen LogP contribution in [0, 0.1) is 5.41 Å². The van der Waals surface area contributed by atoms with Gasteiger partial charge in [0.2, 0.25) is 23.6 Å². The maximum atomic E-state index is 13.6. The Bertz CT molecular complexity index is 1430. The van der Waals surface area contributed by atoms with E-state index >= 15 is 0 Å². The summed E-state index contributed by atoms with van der Waals surface area (Å²) in [7, 11) is 3.22. The lowest BCUT2D eigenvalue weighted by Gasteiger charge is -2.38. The lowest BCUT2D eigenvalue weighted by molar-refractivity contribution is -0.143. The molecule has 5 N–H and O–H groups in total. The molecule has 1 heterocycles. The maximum absolute atomic E-state index is 13.6. The van der Waals surface area contributed by atoms with E-state index in [0.717, 1.165) is 22.6 Å². The first-order valence-corrected chi connectivity index (χ1v) is 15.6. The number of nitrogens with zero attached hydrogens (tertiary/aromatic N) is 2. The number of nitrogens with one attached hydrogen (secondary N) is 4. The largest absolute Gasteiger partial charge is 0.480 e. The summed E-state index contributed by atoms with van der Waals surface area (Å²) >= 11 is 0. The van der Waals surface area contributed by atoms with E-state index in [-0.39, 0.29) is 37.0 Å². The van der Waals surface area contributed by atoms with Crippen LogP contribution in [-0.2, 0) is 39.0 Å². The molecule has 0 aliphatic carbocycles. The quantitative estimate of drug-likeness (QED) is 0.123. The van der Waals surface area contributed by atoms with Crippen LogP contribution in [-0.4, -0.2) is 108 Å². The van der Waals surface area contributed by atoms with E-state index in [2.05, 4.69) is 21.3 Å². The molecule has 14 heteroatoms. The van der Waals surface area contributed by atoms with Crippen molar-refractivity contribution in [3.05, 3.63) is 59.7 Å². The van der Waals surface area contributed by atoms with Crippen molar-refractivity contribution >= 4 is 41.4 Å². The van der Waals surface area contributed by atoms with Crippen molar-refractivity contribution in [2.75, 3.05) is 33.7 Å². The minimum atomic E-state index is -1.56. The predicted octanol–water partition coefficient (Wildman–Crippen LogP) is 0.489. The van der Waals surface area contributed by atoms with Gasteiger partial charge in [0, 0.05) is 49.8 Å². The topological polar surface area (TPSA) is 194 Å². The van der Waals surface area contributed by atoms with Gasteiger partial charge in [-0.1, -0.05) is 71.0 Å². The molecular formula is C34H48N6O8. The van der Waals surface area contributed by atoms with Crippen LogP contribution >= 0.6 is 0 Å². The third kappa shape index (κ3) is 10.6. The highest BCUT2D eigenvalue weighted by Gasteiger charge is 2.40. The Morgan fingerprint density at radius 1 is 0.938 bits per heavy atom. The Morgan fingerprint density at radius 2 is 1.52 bits per heavy atom. The fourth-order valence-electron chi connectivity index (χ4n) is 5.09. The van der Waals surface area contributed by atoms with Gasteiger partial charge in [0.25, 0.3) is 11.8 Å². The van der Waals surface area contributed by atoms with E-state index in [4.69, 9.17) is 0 Å². The monoisotopic (exact) mass is 668 g/mol. The second-order valence-electron chi connectivity index (χ2n) is 13.3. The molecule has 2 rings (SSSR count). The van der Waals surface area contributed by atoms with Crippen LogP contribution in [0.5, 0.6) is 0 Å². The molecule has 3 atom stereocenters. The summed E-state index contributed by atoms with van der Waals surface area (Å²) in [4.78, 5) is 89.6. The Kier molecular flexibility index (Phi) is 13.8. The van der Waals surface area contributed by atoms with Crippen LogP contribution < -0.4 is 21.3 Å². The number of likely N-dealkylation sites (N-methyl/N-ethyl adjacent to an activating group) is 2. The minimum absolute atomic E-state index is 0.0213. The average Bonchev–Trinajstić information content (AvgIpc) is 3.33. The number of benzene rings is 1. The molecule has 1 aromatic rings. The Balaban J connectivity index is 2.02. The van der Waals surface area contributed by atoms with Gasteiger partial charge in [0.1, 0.15) is 12.1 Å². The van der Waals surface area contributed by atoms with E-state index in [9.17, 15) is 38.7 Å². The molecule has 0 bridgehead atoms. The van der Waals surface area contributed by atoms with Crippen molar-refractivity contribution in [3.63, 3.8) is 0 Å².